The lowest BCUT2D eigenvalue weighted by Gasteiger charge is -2.07. The third-order valence-electron chi connectivity index (χ3n) is 1.90. The average molecular weight is 210 g/mol. The normalized spacial score (nSPS) is 9.67. The van der Waals surface area contributed by atoms with Gasteiger partial charge >= 0.3 is 6.09 Å². The summed E-state index contributed by atoms with van der Waals surface area (Å²) in [5.41, 5.74) is 7.34. The van der Waals surface area contributed by atoms with Crippen molar-refractivity contribution in [1.82, 2.24) is 5.32 Å². The van der Waals surface area contributed by atoms with Crippen molar-refractivity contribution < 1.29 is 14.6 Å². The van der Waals surface area contributed by atoms with Crippen LogP contribution in [0.15, 0.2) is 18.2 Å². The van der Waals surface area contributed by atoms with Gasteiger partial charge in [0, 0.05) is 11.8 Å². The number of hydrogen-bond donors (Lipinski definition) is 3. The molecule has 1 rings (SSSR count). The van der Waals surface area contributed by atoms with E-state index in [2.05, 4.69) is 5.32 Å². The Hall–Kier alpha value is -1.91. The van der Waals surface area contributed by atoms with E-state index in [0.717, 1.165) is 5.56 Å². The summed E-state index contributed by atoms with van der Waals surface area (Å²) >= 11 is 0. The van der Waals surface area contributed by atoms with Crippen molar-refractivity contribution in [3.63, 3.8) is 0 Å². The Bertz CT molecular complexity index is 353. The first-order valence-electron chi connectivity index (χ1n) is 4.55. The second kappa shape index (κ2) is 5.09. The molecule has 0 saturated heterocycles. The Morgan fingerprint density at radius 1 is 1.60 bits per heavy atom. The first kappa shape index (κ1) is 11.2. The molecule has 1 aromatic rings. The molecule has 0 aliphatic carbocycles. The van der Waals surface area contributed by atoms with Crippen LogP contribution < -0.4 is 15.8 Å². The maximum atomic E-state index is 10.1. The monoisotopic (exact) mass is 210 g/mol. The number of hydrogen-bond acceptors (Lipinski definition) is 3. The molecule has 0 fully saturated rings. The van der Waals surface area contributed by atoms with Crippen LogP contribution in [0.5, 0.6) is 5.75 Å². The third kappa shape index (κ3) is 3.76. The Morgan fingerprint density at radius 3 is 2.93 bits per heavy atom. The molecule has 5 heteroatoms. The van der Waals surface area contributed by atoms with Crippen molar-refractivity contribution in [1.29, 1.82) is 0 Å². The summed E-state index contributed by atoms with van der Waals surface area (Å²) in [5.74, 6) is 0.644. The quantitative estimate of drug-likeness (QED) is 0.515. The van der Waals surface area contributed by atoms with Crippen molar-refractivity contribution in [3.05, 3.63) is 23.8 Å². The topological polar surface area (TPSA) is 84.6 Å². The van der Waals surface area contributed by atoms with Gasteiger partial charge in [-0.25, -0.2) is 4.79 Å². The number of amides is 1. The summed E-state index contributed by atoms with van der Waals surface area (Å²) in [6.07, 6.45) is -1.05. The largest absolute Gasteiger partial charge is 0.492 e. The molecule has 0 bridgehead atoms. The molecule has 0 heterocycles. The molecule has 0 unspecified atom stereocenters. The predicted molar refractivity (Wildman–Crippen MR) is 57.1 cm³/mol. The van der Waals surface area contributed by atoms with Gasteiger partial charge in [0.15, 0.2) is 0 Å². The predicted octanol–water partition coefficient (Wildman–Crippen LogP) is 1.22. The van der Waals surface area contributed by atoms with E-state index in [9.17, 15) is 4.79 Å². The van der Waals surface area contributed by atoms with Crippen molar-refractivity contribution >= 4 is 11.8 Å². The summed E-state index contributed by atoms with van der Waals surface area (Å²) in [4.78, 5) is 10.1. The van der Waals surface area contributed by atoms with Gasteiger partial charge in [-0.2, -0.15) is 0 Å². The molecule has 0 aliphatic rings. The molecule has 0 spiro atoms. The Labute approximate surface area is 87.9 Å². The zero-order valence-electron chi connectivity index (χ0n) is 8.49. The van der Waals surface area contributed by atoms with Crippen molar-refractivity contribution in [3.8, 4) is 5.75 Å². The molecule has 5 nitrogen and oxygen atoms in total. The van der Waals surface area contributed by atoms with E-state index in [1.807, 2.05) is 13.0 Å². The van der Waals surface area contributed by atoms with E-state index in [1.165, 1.54) is 0 Å². The zero-order chi connectivity index (χ0) is 11.3. The molecule has 1 amide bonds. The summed E-state index contributed by atoms with van der Waals surface area (Å²) < 4.78 is 5.29. The number of carbonyl (C=O) groups is 1. The fraction of sp³-hybridized carbons (Fsp3) is 0.300. The van der Waals surface area contributed by atoms with Crippen LogP contribution in [0.4, 0.5) is 10.5 Å². The van der Waals surface area contributed by atoms with Gasteiger partial charge in [-0.1, -0.05) is 6.07 Å². The van der Waals surface area contributed by atoms with Gasteiger partial charge in [0.05, 0.1) is 6.54 Å². The van der Waals surface area contributed by atoms with Crippen molar-refractivity contribution in [2.75, 3.05) is 18.9 Å². The van der Waals surface area contributed by atoms with Crippen molar-refractivity contribution in [2.24, 2.45) is 0 Å². The van der Waals surface area contributed by atoms with E-state index in [0.29, 0.717) is 11.4 Å². The molecular weight excluding hydrogens is 196 g/mol. The summed E-state index contributed by atoms with van der Waals surface area (Å²) in [6, 6.07) is 5.37. The van der Waals surface area contributed by atoms with E-state index >= 15 is 0 Å². The first-order chi connectivity index (χ1) is 7.09. The number of rotatable bonds is 4. The van der Waals surface area contributed by atoms with Crippen LogP contribution in [-0.2, 0) is 0 Å². The molecule has 1 aromatic carbocycles. The van der Waals surface area contributed by atoms with Gasteiger partial charge in [0.25, 0.3) is 0 Å². The number of nitrogens with one attached hydrogen (secondary N) is 1. The van der Waals surface area contributed by atoms with E-state index in [-0.39, 0.29) is 13.2 Å². The number of benzene rings is 1. The molecule has 0 aromatic heterocycles. The number of anilines is 1. The van der Waals surface area contributed by atoms with Crippen LogP contribution in [0.25, 0.3) is 0 Å². The van der Waals surface area contributed by atoms with Crippen LogP contribution in [0.3, 0.4) is 0 Å². The highest BCUT2D eigenvalue weighted by Crippen LogP contribution is 2.18. The smallest absolute Gasteiger partial charge is 0.404 e. The minimum atomic E-state index is -1.05. The standard InChI is InChI=1S/C10H14N2O3/c1-7-2-3-8(6-9(7)11)15-5-4-12-10(13)14/h2-3,6,12H,4-5,11H2,1H3,(H,13,14). The summed E-state index contributed by atoms with van der Waals surface area (Å²) in [5, 5.41) is 10.5. The highest BCUT2D eigenvalue weighted by molar-refractivity contribution is 5.64. The first-order valence-corrected chi connectivity index (χ1v) is 4.55. The van der Waals surface area contributed by atoms with Crippen LogP contribution in [0.2, 0.25) is 0 Å². The van der Waals surface area contributed by atoms with Gasteiger partial charge in [-0.15, -0.1) is 0 Å². The van der Waals surface area contributed by atoms with Gasteiger partial charge in [0.1, 0.15) is 12.4 Å². The minimum absolute atomic E-state index is 0.253. The SMILES string of the molecule is Cc1ccc(OCCNC(=O)O)cc1N. The van der Waals surface area contributed by atoms with Gasteiger partial charge in [-0.05, 0) is 18.6 Å². The zero-order valence-corrected chi connectivity index (χ0v) is 8.49. The Kier molecular flexibility index (Phi) is 3.79. The summed E-state index contributed by atoms with van der Waals surface area (Å²) in [6.45, 7) is 2.45. The number of aryl methyl sites for hydroxylation is 1. The molecule has 0 saturated carbocycles. The second-order valence-corrected chi connectivity index (χ2v) is 3.10. The Balaban J connectivity index is 2.38. The lowest BCUT2D eigenvalue weighted by molar-refractivity contribution is 0.191. The molecule has 15 heavy (non-hydrogen) atoms. The van der Waals surface area contributed by atoms with Crippen LogP contribution in [0.1, 0.15) is 5.56 Å². The van der Waals surface area contributed by atoms with Crippen LogP contribution in [-0.4, -0.2) is 24.4 Å². The van der Waals surface area contributed by atoms with E-state index in [1.54, 1.807) is 12.1 Å². The fourth-order valence-corrected chi connectivity index (χ4v) is 1.04. The van der Waals surface area contributed by atoms with Crippen LogP contribution in [0, 0.1) is 6.92 Å². The lowest BCUT2D eigenvalue weighted by atomic mass is 10.2. The highest BCUT2D eigenvalue weighted by atomic mass is 16.5. The fourth-order valence-electron chi connectivity index (χ4n) is 1.04. The van der Waals surface area contributed by atoms with Gasteiger partial charge < -0.3 is 20.9 Å². The lowest BCUT2D eigenvalue weighted by Crippen LogP contribution is -2.26. The minimum Gasteiger partial charge on any atom is -0.492 e. The number of nitrogen functional groups attached to an aromatic ring is 1. The molecule has 0 aliphatic heterocycles. The molecular formula is C10H14N2O3. The Morgan fingerprint density at radius 2 is 2.33 bits per heavy atom. The molecule has 0 radical (unpaired) electrons. The van der Waals surface area contributed by atoms with Gasteiger partial charge in [-0.3, -0.25) is 0 Å². The van der Waals surface area contributed by atoms with Crippen LogP contribution >= 0.6 is 0 Å². The highest BCUT2D eigenvalue weighted by Gasteiger charge is 1.98. The number of nitrogens with two attached hydrogens (primary N) is 1. The van der Waals surface area contributed by atoms with Gasteiger partial charge in [0.2, 0.25) is 0 Å². The summed E-state index contributed by atoms with van der Waals surface area (Å²) in [7, 11) is 0. The molecule has 0 atom stereocenters. The van der Waals surface area contributed by atoms with E-state index in [4.69, 9.17) is 15.6 Å². The molecule has 4 N–H and O–H groups in total. The third-order valence-corrected chi connectivity index (χ3v) is 1.90. The number of carboxylic acid groups (broad SMARTS) is 1. The van der Waals surface area contributed by atoms with Crippen molar-refractivity contribution in [2.45, 2.75) is 6.92 Å². The maximum absolute atomic E-state index is 10.1. The maximum Gasteiger partial charge on any atom is 0.404 e. The average Bonchev–Trinajstić information content (AvgIpc) is 2.18. The second-order valence-electron chi connectivity index (χ2n) is 3.10. The molecule has 82 valence electrons. The van der Waals surface area contributed by atoms with E-state index < -0.39 is 6.09 Å². The number of ether oxygens (including phenoxy) is 1.